The van der Waals surface area contributed by atoms with Crippen LogP contribution in [0.5, 0.6) is 5.75 Å². The molecular weight excluding hydrogens is 259 g/mol. The van der Waals surface area contributed by atoms with Gasteiger partial charge in [0, 0.05) is 18.7 Å². The molecule has 112 valence electrons. The summed E-state index contributed by atoms with van der Waals surface area (Å²) in [6, 6.07) is 2.80. The molecule has 0 unspecified atom stereocenters. The van der Waals surface area contributed by atoms with Crippen molar-refractivity contribution < 1.29 is 14.2 Å². The molecule has 0 radical (unpaired) electrons. The van der Waals surface area contributed by atoms with Crippen LogP contribution in [0.1, 0.15) is 39.0 Å². The molecule has 1 aliphatic rings. The largest absolute Gasteiger partial charge is 0.491 e. The summed E-state index contributed by atoms with van der Waals surface area (Å²) >= 11 is 0. The second-order valence-corrected chi connectivity index (χ2v) is 5.44. The molecule has 0 bridgehead atoms. The van der Waals surface area contributed by atoms with E-state index in [9.17, 15) is 9.50 Å². The van der Waals surface area contributed by atoms with E-state index < -0.39 is 11.4 Å². The number of ether oxygens (including phenoxy) is 1. The average Bonchev–Trinajstić information content (AvgIpc) is 2.41. The van der Waals surface area contributed by atoms with E-state index in [0.717, 1.165) is 25.7 Å². The number of hydrogen-bond donors (Lipinski definition) is 3. The van der Waals surface area contributed by atoms with Crippen molar-refractivity contribution in [3.63, 3.8) is 0 Å². The third-order valence-electron chi connectivity index (χ3n) is 3.80. The van der Waals surface area contributed by atoms with Gasteiger partial charge in [-0.2, -0.15) is 0 Å². The van der Waals surface area contributed by atoms with E-state index in [2.05, 4.69) is 5.32 Å². The van der Waals surface area contributed by atoms with Crippen LogP contribution in [-0.4, -0.2) is 23.9 Å². The Bertz CT molecular complexity index is 459. The highest BCUT2D eigenvalue weighted by Crippen LogP contribution is 2.31. The number of anilines is 2. The zero-order valence-corrected chi connectivity index (χ0v) is 11.9. The van der Waals surface area contributed by atoms with E-state index in [1.54, 1.807) is 13.0 Å². The molecule has 0 heterocycles. The predicted molar refractivity (Wildman–Crippen MR) is 78.5 cm³/mol. The molecule has 0 spiro atoms. The standard InChI is InChI=1S/C15H23FN2O2/c1-2-20-14-9-13(12(17)8-11(14)16)18-10-15(19)6-4-3-5-7-15/h8-9,18-19H,2-7,10,17H2,1H3. The van der Waals surface area contributed by atoms with E-state index in [4.69, 9.17) is 10.5 Å². The van der Waals surface area contributed by atoms with Crippen LogP contribution in [0.15, 0.2) is 12.1 Å². The van der Waals surface area contributed by atoms with Crippen molar-refractivity contribution in [2.75, 3.05) is 24.2 Å². The Labute approximate surface area is 119 Å². The fourth-order valence-corrected chi connectivity index (χ4v) is 2.63. The number of benzene rings is 1. The zero-order chi connectivity index (χ0) is 14.6. The SMILES string of the molecule is CCOc1cc(NCC2(O)CCCCC2)c(N)cc1F. The molecule has 0 amide bonds. The highest BCUT2D eigenvalue weighted by Gasteiger charge is 2.29. The maximum absolute atomic E-state index is 13.6. The van der Waals surface area contributed by atoms with Gasteiger partial charge in [-0.15, -0.1) is 0 Å². The normalized spacial score (nSPS) is 17.8. The maximum atomic E-state index is 13.6. The van der Waals surface area contributed by atoms with Crippen LogP contribution in [0.2, 0.25) is 0 Å². The fourth-order valence-electron chi connectivity index (χ4n) is 2.63. The Balaban J connectivity index is 2.06. The minimum absolute atomic E-state index is 0.180. The van der Waals surface area contributed by atoms with E-state index in [1.165, 1.54) is 12.5 Å². The van der Waals surface area contributed by atoms with Gasteiger partial charge in [-0.05, 0) is 19.8 Å². The molecular formula is C15H23FN2O2. The first kappa shape index (κ1) is 14.9. The third kappa shape index (κ3) is 3.54. The van der Waals surface area contributed by atoms with Gasteiger partial charge in [-0.25, -0.2) is 4.39 Å². The monoisotopic (exact) mass is 282 g/mol. The fraction of sp³-hybridized carbons (Fsp3) is 0.600. The first-order chi connectivity index (χ1) is 9.54. The average molecular weight is 282 g/mol. The van der Waals surface area contributed by atoms with Gasteiger partial charge < -0.3 is 20.9 Å². The molecule has 0 aliphatic heterocycles. The van der Waals surface area contributed by atoms with Crippen LogP contribution in [0.4, 0.5) is 15.8 Å². The minimum atomic E-state index is -0.690. The first-order valence-electron chi connectivity index (χ1n) is 7.22. The molecule has 1 saturated carbocycles. The molecule has 0 atom stereocenters. The predicted octanol–water partition coefficient (Wildman–Crippen LogP) is 2.91. The lowest BCUT2D eigenvalue weighted by atomic mass is 9.85. The number of nitrogens with one attached hydrogen (secondary N) is 1. The molecule has 2 rings (SSSR count). The lowest BCUT2D eigenvalue weighted by molar-refractivity contribution is 0.0167. The molecule has 0 saturated heterocycles. The zero-order valence-electron chi connectivity index (χ0n) is 11.9. The van der Waals surface area contributed by atoms with Crippen LogP contribution in [0.25, 0.3) is 0 Å². The van der Waals surface area contributed by atoms with E-state index >= 15 is 0 Å². The summed E-state index contributed by atoms with van der Waals surface area (Å²) in [5, 5.41) is 13.6. The number of nitrogens with two attached hydrogens (primary N) is 1. The van der Waals surface area contributed by atoms with Crippen LogP contribution in [0.3, 0.4) is 0 Å². The van der Waals surface area contributed by atoms with Crippen molar-refractivity contribution in [3.05, 3.63) is 17.9 Å². The van der Waals surface area contributed by atoms with Crippen LogP contribution >= 0.6 is 0 Å². The minimum Gasteiger partial charge on any atom is -0.491 e. The summed E-state index contributed by atoms with van der Waals surface area (Å²) in [6.45, 7) is 2.62. The Kier molecular flexibility index (Phi) is 4.70. The molecule has 1 aromatic carbocycles. The van der Waals surface area contributed by atoms with Crippen LogP contribution < -0.4 is 15.8 Å². The first-order valence-corrected chi connectivity index (χ1v) is 7.22. The summed E-state index contributed by atoms with van der Waals surface area (Å²) < 4.78 is 18.8. The van der Waals surface area contributed by atoms with Crippen molar-refractivity contribution in [1.29, 1.82) is 0 Å². The van der Waals surface area contributed by atoms with Gasteiger partial charge in [0.15, 0.2) is 11.6 Å². The molecule has 20 heavy (non-hydrogen) atoms. The number of halogens is 1. The van der Waals surface area contributed by atoms with Crippen molar-refractivity contribution in [2.45, 2.75) is 44.6 Å². The lowest BCUT2D eigenvalue weighted by Crippen LogP contribution is -2.38. The second-order valence-electron chi connectivity index (χ2n) is 5.44. The Morgan fingerprint density at radius 1 is 1.35 bits per heavy atom. The number of nitrogen functional groups attached to an aromatic ring is 1. The second kappa shape index (κ2) is 6.31. The Morgan fingerprint density at radius 2 is 2.05 bits per heavy atom. The number of aliphatic hydroxyl groups is 1. The molecule has 4 nitrogen and oxygen atoms in total. The Morgan fingerprint density at radius 3 is 2.70 bits per heavy atom. The highest BCUT2D eigenvalue weighted by molar-refractivity contribution is 5.68. The molecule has 1 fully saturated rings. The summed E-state index contributed by atoms with van der Waals surface area (Å²) in [5.41, 5.74) is 6.05. The van der Waals surface area contributed by atoms with E-state index in [1.807, 2.05) is 0 Å². The van der Waals surface area contributed by atoms with Crippen molar-refractivity contribution in [1.82, 2.24) is 0 Å². The van der Waals surface area contributed by atoms with Crippen LogP contribution in [-0.2, 0) is 0 Å². The molecule has 4 N–H and O–H groups in total. The molecule has 5 heteroatoms. The van der Waals surface area contributed by atoms with Gasteiger partial charge in [0.25, 0.3) is 0 Å². The van der Waals surface area contributed by atoms with Gasteiger partial charge in [0.2, 0.25) is 0 Å². The van der Waals surface area contributed by atoms with Gasteiger partial charge in [-0.1, -0.05) is 19.3 Å². The summed E-state index contributed by atoms with van der Waals surface area (Å²) in [4.78, 5) is 0. The van der Waals surface area contributed by atoms with E-state index in [-0.39, 0.29) is 5.75 Å². The third-order valence-corrected chi connectivity index (χ3v) is 3.80. The maximum Gasteiger partial charge on any atom is 0.167 e. The van der Waals surface area contributed by atoms with E-state index in [0.29, 0.717) is 24.5 Å². The quantitative estimate of drug-likeness (QED) is 0.726. The topological polar surface area (TPSA) is 67.5 Å². The van der Waals surface area contributed by atoms with Crippen LogP contribution in [0, 0.1) is 5.82 Å². The molecule has 1 aliphatic carbocycles. The van der Waals surface area contributed by atoms with Crippen molar-refractivity contribution >= 4 is 11.4 Å². The smallest absolute Gasteiger partial charge is 0.167 e. The molecule has 0 aromatic heterocycles. The van der Waals surface area contributed by atoms with Gasteiger partial charge in [-0.3, -0.25) is 0 Å². The van der Waals surface area contributed by atoms with Crippen molar-refractivity contribution in [2.24, 2.45) is 0 Å². The summed E-state index contributed by atoms with van der Waals surface area (Å²) in [5.74, 6) is -0.286. The molecule has 1 aromatic rings. The number of rotatable bonds is 5. The summed E-state index contributed by atoms with van der Waals surface area (Å²) in [7, 11) is 0. The number of hydrogen-bond acceptors (Lipinski definition) is 4. The summed E-state index contributed by atoms with van der Waals surface area (Å²) in [6.07, 6.45) is 4.84. The Hall–Kier alpha value is -1.49. The van der Waals surface area contributed by atoms with Crippen molar-refractivity contribution in [3.8, 4) is 5.75 Å². The van der Waals surface area contributed by atoms with Gasteiger partial charge >= 0.3 is 0 Å². The van der Waals surface area contributed by atoms with Gasteiger partial charge in [0.1, 0.15) is 0 Å². The lowest BCUT2D eigenvalue weighted by Gasteiger charge is -2.32. The van der Waals surface area contributed by atoms with Gasteiger partial charge in [0.05, 0.1) is 23.6 Å². The highest BCUT2D eigenvalue weighted by atomic mass is 19.1.